The summed E-state index contributed by atoms with van der Waals surface area (Å²) < 4.78 is 29.3. The molecule has 0 radical (unpaired) electrons. The molecule has 0 aliphatic rings. The number of nitrogens with zero attached hydrogens (tertiary/aromatic N) is 3. The van der Waals surface area contributed by atoms with E-state index in [1.807, 2.05) is 22.9 Å². The average Bonchev–Trinajstić information content (AvgIpc) is 2.94. The Kier molecular flexibility index (Phi) is 4.53. The van der Waals surface area contributed by atoms with Crippen molar-refractivity contribution in [2.24, 2.45) is 0 Å². The van der Waals surface area contributed by atoms with E-state index in [9.17, 15) is 13.6 Å². The van der Waals surface area contributed by atoms with E-state index in [-0.39, 0.29) is 18.9 Å². The van der Waals surface area contributed by atoms with Gasteiger partial charge in [0.1, 0.15) is 18.2 Å². The second-order valence-corrected chi connectivity index (χ2v) is 6.28. The van der Waals surface area contributed by atoms with Gasteiger partial charge in [0.15, 0.2) is 0 Å². The topological polar surface area (TPSA) is 38.1 Å². The number of likely N-dealkylation sites (N-methyl/N-ethyl adjacent to an activating group) is 1. The van der Waals surface area contributed by atoms with Crippen LogP contribution in [0, 0.1) is 18.6 Å². The van der Waals surface area contributed by atoms with Gasteiger partial charge in [0.25, 0.3) is 0 Å². The molecule has 0 fully saturated rings. The summed E-state index contributed by atoms with van der Waals surface area (Å²) >= 11 is 0. The number of fused-ring (bicyclic) bond motifs is 1. The summed E-state index contributed by atoms with van der Waals surface area (Å²) in [4.78, 5) is 17.9. The summed E-state index contributed by atoms with van der Waals surface area (Å²) in [7, 11) is 3.42. The molecule has 2 aromatic heterocycles. The molecule has 3 aromatic rings. The van der Waals surface area contributed by atoms with E-state index < -0.39 is 11.6 Å². The van der Waals surface area contributed by atoms with E-state index in [1.165, 1.54) is 11.0 Å². The van der Waals surface area contributed by atoms with Gasteiger partial charge in [-0.2, -0.15) is 0 Å². The molecule has 0 unspecified atom stereocenters. The highest BCUT2D eigenvalue weighted by Gasteiger charge is 2.14. The lowest BCUT2D eigenvalue weighted by molar-refractivity contribution is -0.129. The number of pyridine rings is 1. The molecule has 0 saturated heterocycles. The van der Waals surface area contributed by atoms with Gasteiger partial charge in [-0.3, -0.25) is 9.78 Å². The fraction of sp³-hybridized carbons (Fsp3) is 0.263. The first-order valence-electron chi connectivity index (χ1n) is 7.94. The molecule has 0 aliphatic carbocycles. The Balaban J connectivity index is 1.99. The molecule has 0 aliphatic heterocycles. The zero-order valence-electron chi connectivity index (χ0n) is 14.4. The SMILES string of the molecule is Cc1cc(F)cc(F)c1Cc1nccc2c1ccn2CC(=O)N(C)C. The zero-order valence-corrected chi connectivity index (χ0v) is 14.4. The molecule has 2 heterocycles. The van der Waals surface area contributed by atoms with Gasteiger partial charge in [-0.05, 0) is 36.2 Å². The lowest BCUT2D eigenvalue weighted by Gasteiger charge is -2.12. The third-order valence-corrected chi connectivity index (χ3v) is 4.31. The molecule has 0 saturated carbocycles. The maximum atomic E-state index is 14.1. The lowest BCUT2D eigenvalue weighted by Crippen LogP contribution is -2.25. The number of rotatable bonds is 4. The zero-order chi connectivity index (χ0) is 18.1. The standard InChI is InChI=1S/C19H19F2N3O/c1-12-8-13(20)9-16(21)15(12)10-17-14-5-7-24(11-19(25)23(2)3)18(14)4-6-22-17/h4-9H,10-11H2,1-3H3. The van der Waals surface area contributed by atoms with Gasteiger partial charge in [-0.1, -0.05) is 0 Å². The molecule has 1 amide bonds. The molecular formula is C19H19F2N3O. The molecule has 1 aromatic carbocycles. The van der Waals surface area contributed by atoms with Crippen molar-refractivity contribution < 1.29 is 13.6 Å². The number of aryl methyl sites for hydroxylation is 1. The van der Waals surface area contributed by atoms with Crippen molar-refractivity contribution in [2.75, 3.05) is 14.1 Å². The summed E-state index contributed by atoms with van der Waals surface area (Å²) in [6.45, 7) is 1.91. The van der Waals surface area contributed by atoms with Crippen molar-refractivity contribution in [1.29, 1.82) is 0 Å². The van der Waals surface area contributed by atoms with Crippen LogP contribution in [-0.4, -0.2) is 34.5 Å². The summed E-state index contributed by atoms with van der Waals surface area (Å²) in [5, 5.41) is 0.859. The highest BCUT2D eigenvalue weighted by molar-refractivity contribution is 5.85. The van der Waals surface area contributed by atoms with Gasteiger partial charge in [0, 0.05) is 44.4 Å². The minimum Gasteiger partial charge on any atom is -0.347 e. The summed E-state index contributed by atoms with van der Waals surface area (Å²) in [6.07, 6.45) is 3.73. The second kappa shape index (κ2) is 6.63. The van der Waals surface area contributed by atoms with E-state index in [1.54, 1.807) is 27.2 Å². The van der Waals surface area contributed by atoms with Crippen LogP contribution < -0.4 is 0 Å². The Morgan fingerprint density at radius 3 is 2.68 bits per heavy atom. The lowest BCUT2D eigenvalue weighted by atomic mass is 10.0. The minimum atomic E-state index is -0.585. The number of aromatic nitrogens is 2. The van der Waals surface area contributed by atoms with Gasteiger partial charge in [-0.25, -0.2) is 8.78 Å². The highest BCUT2D eigenvalue weighted by atomic mass is 19.1. The van der Waals surface area contributed by atoms with Crippen LogP contribution in [0.4, 0.5) is 8.78 Å². The summed E-state index contributed by atoms with van der Waals surface area (Å²) in [5.41, 5.74) is 2.54. The summed E-state index contributed by atoms with van der Waals surface area (Å²) in [5.74, 6) is -1.17. The molecule has 0 bridgehead atoms. The number of hydrogen-bond donors (Lipinski definition) is 0. The van der Waals surface area contributed by atoms with Crippen LogP contribution in [0.25, 0.3) is 10.9 Å². The van der Waals surface area contributed by atoms with E-state index >= 15 is 0 Å². The molecule has 4 nitrogen and oxygen atoms in total. The molecule has 25 heavy (non-hydrogen) atoms. The third kappa shape index (κ3) is 3.38. The maximum Gasteiger partial charge on any atom is 0.241 e. The number of halogens is 2. The van der Waals surface area contributed by atoms with Crippen LogP contribution in [-0.2, 0) is 17.8 Å². The smallest absolute Gasteiger partial charge is 0.241 e. The van der Waals surface area contributed by atoms with Crippen molar-refractivity contribution in [2.45, 2.75) is 19.9 Å². The van der Waals surface area contributed by atoms with Crippen LogP contribution in [0.3, 0.4) is 0 Å². The maximum absolute atomic E-state index is 14.1. The number of carbonyl (C=O) groups excluding carboxylic acids is 1. The molecule has 0 atom stereocenters. The third-order valence-electron chi connectivity index (χ3n) is 4.31. The molecule has 130 valence electrons. The number of benzene rings is 1. The fourth-order valence-electron chi connectivity index (χ4n) is 2.87. The van der Waals surface area contributed by atoms with E-state index in [0.29, 0.717) is 16.8 Å². The minimum absolute atomic E-state index is 0.0173. The van der Waals surface area contributed by atoms with Gasteiger partial charge >= 0.3 is 0 Å². The Morgan fingerprint density at radius 1 is 1.24 bits per heavy atom. The second-order valence-electron chi connectivity index (χ2n) is 6.28. The molecule has 0 N–H and O–H groups in total. The Labute approximate surface area is 144 Å². The van der Waals surface area contributed by atoms with Crippen molar-refractivity contribution in [1.82, 2.24) is 14.5 Å². The van der Waals surface area contributed by atoms with Crippen LogP contribution in [0.5, 0.6) is 0 Å². The normalized spacial score (nSPS) is 11.1. The van der Waals surface area contributed by atoms with Crippen LogP contribution in [0.1, 0.15) is 16.8 Å². The predicted octanol–water partition coefficient (Wildman–Crippen LogP) is 3.30. The van der Waals surface area contributed by atoms with Crippen molar-refractivity contribution in [3.8, 4) is 0 Å². The van der Waals surface area contributed by atoms with E-state index in [4.69, 9.17) is 0 Å². The molecule has 6 heteroatoms. The molecule has 3 rings (SSSR count). The van der Waals surface area contributed by atoms with E-state index in [2.05, 4.69) is 4.98 Å². The van der Waals surface area contributed by atoms with Crippen LogP contribution in [0.2, 0.25) is 0 Å². The quantitative estimate of drug-likeness (QED) is 0.729. The molecular weight excluding hydrogens is 324 g/mol. The number of carbonyl (C=O) groups is 1. The van der Waals surface area contributed by atoms with Crippen molar-refractivity contribution in [3.63, 3.8) is 0 Å². The van der Waals surface area contributed by atoms with Crippen LogP contribution >= 0.6 is 0 Å². The Bertz CT molecular complexity index is 924. The molecule has 0 spiro atoms. The first-order chi connectivity index (χ1) is 11.9. The largest absolute Gasteiger partial charge is 0.347 e. The van der Waals surface area contributed by atoms with Gasteiger partial charge in [-0.15, -0.1) is 0 Å². The Hall–Kier alpha value is -2.76. The monoisotopic (exact) mass is 343 g/mol. The van der Waals surface area contributed by atoms with Crippen LogP contribution in [0.15, 0.2) is 36.7 Å². The summed E-state index contributed by atoms with van der Waals surface area (Å²) in [6, 6.07) is 5.91. The Morgan fingerprint density at radius 2 is 2.00 bits per heavy atom. The van der Waals surface area contributed by atoms with E-state index in [0.717, 1.165) is 17.0 Å². The van der Waals surface area contributed by atoms with Gasteiger partial charge < -0.3 is 9.47 Å². The number of amides is 1. The van der Waals surface area contributed by atoms with Gasteiger partial charge in [0.2, 0.25) is 5.91 Å². The first-order valence-corrected chi connectivity index (χ1v) is 7.94. The van der Waals surface area contributed by atoms with Crippen molar-refractivity contribution in [3.05, 3.63) is 65.1 Å². The van der Waals surface area contributed by atoms with Gasteiger partial charge in [0.05, 0.1) is 11.2 Å². The van der Waals surface area contributed by atoms with Crippen molar-refractivity contribution >= 4 is 16.8 Å². The highest BCUT2D eigenvalue weighted by Crippen LogP contribution is 2.24. The number of hydrogen-bond acceptors (Lipinski definition) is 2. The average molecular weight is 343 g/mol. The first kappa shape index (κ1) is 17.1. The predicted molar refractivity (Wildman–Crippen MR) is 92.3 cm³/mol. The fourth-order valence-corrected chi connectivity index (χ4v) is 2.87.